The van der Waals surface area contributed by atoms with Crippen LogP contribution in [-0.4, -0.2) is 18.6 Å². The van der Waals surface area contributed by atoms with Crippen molar-refractivity contribution in [3.05, 3.63) is 0 Å². The summed E-state index contributed by atoms with van der Waals surface area (Å²) in [5.74, 6) is 0.780. The minimum atomic E-state index is 0.511. The Morgan fingerprint density at radius 2 is 2.14 bits per heavy atom. The van der Waals surface area contributed by atoms with E-state index in [9.17, 15) is 0 Å². The average Bonchev–Trinajstić information content (AvgIpc) is 2.14. The Morgan fingerprint density at radius 1 is 1.43 bits per heavy atom. The van der Waals surface area contributed by atoms with Crippen molar-refractivity contribution in [3.8, 4) is 0 Å². The molecule has 0 bridgehead atoms. The molecule has 1 unspecified atom stereocenters. The molecule has 2 nitrogen and oxygen atoms in total. The van der Waals surface area contributed by atoms with Gasteiger partial charge >= 0.3 is 0 Å². The third-order valence-corrected chi connectivity index (χ3v) is 3.71. The molecule has 1 saturated carbocycles. The Labute approximate surface area is 88.6 Å². The number of nitrogens with two attached hydrogens (primary N) is 1. The molecule has 2 heteroatoms. The molecule has 0 aromatic heterocycles. The normalized spacial score (nSPS) is 21.6. The fourth-order valence-electron chi connectivity index (χ4n) is 2.22. The van der Waals surface area contributed by atoms with Gasteiger partial charge in [-0.2, -0.15) is 0 Å². The molecule has 1 fully saturated rings. The van der Waals surface area contributed by atoms with E-state index in [4.69, 9.17) is 5.73 Å². The molecule has 1 rings (SSSR count). The maximum absolute atomic E-state index is 5.50. The van der Waals surface area contributed by atoms with E-state index in [1.807, 2.05) is 0 Å². The molecule has 1 aliphatic rings. The fourth-order valence-corrected chi connectivity index (χ4v) is 2.22. The van der Waals surface area contributed by atoms with E-state index in [1.54, 1.807) is 0 Å². The van der Waals surface area contributed by atoms with Gasteiger partial charge in [0.05, 0.1) is 0 Å². The first-order valence-electron chi connectivity index (χ1n) is 6.17. The Kier molecular flexibility index (Phi) is 4.90. The van der Waals surface area contributed by atoms with Crippen molar-refractivity contribution in [2.24, 2.45) is 11.7 Å². The van der Waals surface area contributed by atoms with Crippen LogP contribution in [0.1, 0.15) is 52.4 Å². The van der Waals surface area contributed by atoms with Crippen LogP contribution in [0.3, 0.4) is 0 Å². The molecule has 0 radical (unpaired) electrons. The summed E-state index contributed by atoms with van der Waals surface area (Å²) in [5, 5.41) is 3.75. The molecule has 0 spiro atoms. The fraction of sp³-hybridized carbons (Fsp3) is 1.00. The number of hydrogen-bond donors (Lipinski definition) is 2. The highest BCUT2D eigenvalue weighted by molar-refractivity contribution is 4.94. The standard InChI is InChI=1S/C12H26N2/c1-3-12(7-5-8-12)14-10-11(2)6-4-9-13/h11,14H,3-10,13H2,1-2H3. The largest absolute Gasteiger partial charge is 0.330 e. The predicted molar refractivity (Wildman–Crippen MR) is 62.3 cm³/mol. The second-order valence-electron chi connectivity index (χ2n) is 4.90. The quantitative estimate of drug-likeness (QED) is 0.658. The minimum absolute atomic E-state index is 0.511. The van der Waals surface area contributed by atoms with Crippen molar-refractivity contribution in [2.75, 3.05) is 13.1 Å². The van der Waals surface area contributed by atoms with Gasteiger partial charge in [-0.25, -0.2) is 0 Å². The Hall–Kier alpha value is -0.0800. The molecular weight excluding hydrogens is 172 g/mol. The molecule has 0 amide bonds. The third kappa shape index (κ3) is 3.25. The van der Waals surface area contributed by atoms with Gasteiger partial charge in [0.2, 0.25) is 0 Å². The molecule has 0 aromatic rings. The van der Waals surface area contributed by atoms with Crippen LogP contribution in [0.5, 0.6) is 0 Å². The van der Waals surface area contributed by atoms with Gasteiger partial charge in [0.1, 0.15) is 0 Å². The van der Waals surface area contributed by atoms with Gasteiger partial charge in [-0.3, -0.25) is 0 Å². The maximum atomic E-state index is 5.50. The molecule has 0 aliphatic heterocycles. The summed E-state index contributed by atoms with van der Waals surface area (Å²) in [5.41, 5.74) is 6.01. The van der Waals surface area contributed by atoms with Gasteiger partial charge in [-0.05, 0) is 57.5 Å². The Morgan fingerprint density at radius 3 is 2.57 bits per heavy atom. The highest BCUT2D eigenvalue weighted by atomic mass is 15.0. The van der Waals surface area contributed by atoms with Crippen LogP contribution >= 0.6 is 0 Å². The van der Waals surface area contributed by atoms with Crippen LogP contribution in [-0.2, 0) is 0 Å². The average molecular weight is 198 g/mol. The molecule has 0 saturated heterocycles. The predicted octanol–water partition coefficient (Wildman–Crippen LogP) is 2.28. The van der Waals surface area contributed by atoms with Gasteiger partial charge in [-0.15, -0.1) is 0 Å². The van der Waals surface area contributed by atoms with Crippen LogP contribution in [0.25, 0.3) is 0 Å². The number of hydrogen-bond acceptors (Lipinski definition) is 2. The Balaban J connectivity index is 2.12. The lowest BCUT2D eigenvalue weighted by molar-refractivity contribution is 0.168. The monoisotopic (exact) mass is 198 g/mol. The van der Waals surface area contributed by atoms with Crippen LogP contribution in [0.4, 0.5) is 0 Å². The highest BCUT2D eigenvalue weighted by Gasteiger charge is 2.34. The summed E-state index contributed by atoms with van der Waals surface area (Å²) in [6.07, 6.45) is 7.90. The summed E-state index contributed by atoms with van der Waals surface area (Å²) in [6, 6.07) is 0. The lowest BCUT2D eigenvalue weighted by Gasteiger charge is -2.43. The van der Waals surface area contributed by atoms with Crippen molar-refractivity contribution in [1.82, 2.24) is 5.32 Å². The van der Waals surface area contributed by atoms with Gasteiger partial charge in [0, 0.05) is 5.54 Å². The molecule has 0 aromatic carbocycles. The molecule has 14 heavy (non-hydrogen) atoms. The topological polar surface area (TPSA) is 38.0 Å². The molecular formula is C12H26N2. The first-order chi connectivity index (χ1) is 6.72. The first kappa shape index (κ1) is 12.0. The van der Waals surface area contributed by atoms with Gasteiger partial charge in [0.15, 0.2) is 0 Å². The highest BCUT2D eigenvalue weighted by Crippen LogP contribution is 2.34. The van der Waals surface area contributed by atoms with Crippen LogP contribution in [0, 0.1) is 5.92 Å². The Bertz CT molecular complexity index is 147. The smallest absolute Gasteiger partial charge is 0.0179 e. The van der Waals surface area contributed by atoms with Crippen molar-refractivity contribution >= 4 is 0 Å². The van der Waals surface area contributed by atoms with E-state index >= 15 is 0 Å². The van der Waals surface area contributed by atoms with E-state index in [0.29, 0.717) is 5.54 Å². The van der Waals surface area contributed by atoms with Crippen molar-refractivity contribution in [2.45, 2.75) is 57.9 Å². The molecule has 84 valence electrons. The van der Waals surface area contributed by atoms with E-state index in [2.05, 4.69) is 19.2 Å². The van der Waals surface area contributed by atoms with Crippen LogP contribution in [0.2, 0.25) is 0 Å². The zero-order valence-electron chi connectivity index (χ0n) is 9.81. The van der Waals surface area contributed by atoms with Gasteiger partial charge in [-0.1, -0.05) is 13.8 Å². The molecule has 1 aliphatic carbocycles. The minimum Gasteiger partial charge on any atom is -0.330 e. The van der Waals surface area contributed by atoms with Crippen molar-refractivity contribution < 1.29 is 0 Å². The molecule has 0 heterocycles. The summed E-state index contributed by atoms with van der Waals surface area (Å²) in [7, 11) is 0. The molecule has 3 N–H and O–H groups in total. The maximum Gasteiger partial charge on any atom is 0.0179 e. The van der Waals surface area contributed by atoms with Crippen molar-refractivity contribution in [1.29, 1.82) is 0 Å². The number of nitrogens with one attached hydrogen (secondary N) is 1. The van der Waals surface area contributed by atoms with E-state index < -0.39 is 0 Å². The van der Waals surface area contributed by atoms with E-state index in [0.717, 1.165) is 12.5 Å². The second kappa shape index (κ2) is 5.72. The lowest BCUT2D eigenvalue weighted by atomic mass is 9.74. The summed E-state index contributed by atoms with van der Waals surface area (Å²) in [6.45, 7) is 6.64. The number of rotatable bonds is 7. The lowest BCUT2D eigenvalue weighted by Crippen LogP contribution is -2.51. The summed E-state index contributed by atoms with van der Waals surface area (Å²) >= 11 is 0. The zero-order valence-corrected chi connectivity index (χ0v) is 9.81. The SMILES string of the molecule is CCC1(NCC(C)CCCN)CCC1. The van der Waals surface area contributed by atoms with Crippen LogP contribution in [0.15, 0.2) is 0 Å². The summed E-state index contributed by atoms with van der Waals surface area (Å²) < 4.78 is 0. The third-order valence-electron chi connectivity index (χ3n) is 3.71. The zero-order chi connectivity index (χ0) is 10.4. The van der Waals surface area contributed by atoms with Crippen molar-refractivity contribution in [3.63, 3.8) is 0 Å². The first-order valence-corrected chi connectivity index (χ1v) is 6.17. The summed E-state index contributed by atoms with van der Waals surface area (Å²) in [4.78, 5) is 0. The van der Waals surface area contributed by atoms with E-state index in [1.165, 1.54) is 45.1 Å². The van der Waals surface area contributed by atoms with E-state index in [-0.39, 0.29) is 0 Å². The van der Waals surface area contributed by atoms with Crippen LogP contribution < -0.4 is 11.1 Å². The molecule has 1 atom stereocenters. The van der Waals surface area contributed by atoms with Gasteiger partial charge in [0.25, 0.3) is 0 Å². The second-order valence-corrected chi connectivity index (χ2v) is 4.90. The van der Waals surface area contributed by atoms with Gasteiger partial charge < -0.3 is 11.1 Å².